The Balaban J connectivity index is 1.31. The standard InChI is InChI=1S/C27H25FN4O/c1-18-6-9-21(10-7-18)30-22-12-13-32(17-22)27(33)24-14-19(8-11-25(24)28)15-26-23-5-3-2-4-20(23)16-29-31-26/h2-11,14,16,22,30H,12-13,15,17H2,1H3/t22-/m1/s1. The van der Waals surface area contributed by atoms with Crippen LogP contribution in [-0.4, -0.2) is 40.1 Å². The summed E-state index contributed by atoms with van der Waals surface area (Å²) in [5, 5.41) is 13.9. The third kappa shape index (κ3) is 4.55. The van der Waals surface area contributed by atoms with Crippen LogP contribution in [0.4, 0.5) is 10.1 Å². The molecule has 0 bridgehead atoms. The molecule has 1 aliphatic heterocycles. The van der Waals surface area contributed by atoms with Crippen molar-refractivity contribution in [1.29, 1.82) is 0 Å². The molecule has 1 aromatic heterocycles. The molecule has 1 atom stereocenters. The second-order valence-corrected chi connectivity index (χ2v) is 8.62. The molecular formula is C27H25FN4O. The van der Waals surface area contributed by atoms with Gasteiger partial charge in [-0.15, -0.1) is 0 Å². The zero-order chi connectivity index (χ0) is 22.8. The molecule has 3 aromatic carbocycles. The number of hydrogen-bond donors (Lipinski definition) is 1. The normalized spacial score (nSPS) is 15.7. The highest BCUT2D eigenvalue weighted by Crippen LogP contribution is 2.23. The van der Waals surface area contributed by atoms with Crippen molar-refractivity contribution in [2.24, 2.45) is 0 Å². The van der Waals surface area contributed by atoms with Crippen LogP contribution >= 0.6 is 0 Å². The van der Waals surface area contributed by atoms with E-state index >= 15 is 0 Å². The quantitative estimate of drug-likeness (QED) is 0.475. The second-order valence-electron chi connectivity index (χ2n) is 8.62. The summed E-state index contributed by atoms with van der Waals surface area (Å²) >= 11 is 0. The molecule has 1 aliphatic rings. The van der Waals surface area contributed by atoms with Crippen molar-refractivity contribution in [3.63, 3.8) is 0 Å². The van der Waals surface area contributed by atoms with E-state index in [-0.39, 0.29) is 17.5 Å². The fourth-order valence-electron chi connectivity index (χ4n) is 4.38. The Morgan fingerprint density at radius 2 is 1.94 bits per heavy atom. The van der Waals surface area contributed by atoms with Crippen LogP contribution in [0.25, 0.3) is 10.8 Å². The molecule has 166 valence electrons. The molecule has 5 rings (SSSR count). The minimum Gasteiger partial charge on any atom is -0.380 e. The number of aromatic nitrogens is 2. The Labute approximate surface area is 192 Å². The van der Waals surface area contributed by atoms with Crippen LogP contribution in [0.3, 0.4) is 0 Å². The van der Waals surface area contributed by atoms with E-state index in [0.29, 0.717) is 19.5 Å². The van der Waals surface area contributed by atoms with Gasteiger partial charge in [0.05, 0.1) is 17.5 Å². The van der Waals surface area contributed by atoms with E-state index in [9.17, 15) is 9.18 Å². The lowest BCUT2D eigenvalue weighted by atomic mass is 10.0. The van der Waals surface area contributed by atoms with Gasteiger partial charge in [0, 0.05) is 42.0 Å². The molecular weight excluding hydrogens is 415 g/mol. The molecule has 1 N–H and O–H groups in total. The number of carbonyl (C=O) groups is 1. The Morgan fingerprint density at radius 3 is 2.79 bits per heavy atom. The van der Waals surface area contributed by atoms with Gasteiger partial charge >= 0.3 is 0 Å². The van der Waals surface area contributed by atoms with Crippen molar-refractivity contribution in [2.45, 2.75) is 25.8 Å². The number of nitrogens with zero attached hydrogens (tertiary/aromatic N) is 3. The first-order valence-corrected chi connectivity index (χ1v) is 11.2. The van der Waals surface area contributed by atoms with Gasteiger partial charge in [-0.25, -0.2) is 4.39 Å². The van der Waals surface area contributed by atoms with Gasteiger partial charge in [0.2, 0.25) is 0 Å². The van der Waals surface area contributed by atoms with Gasteiger partial charge < -0.3 is 10.2 Å². The number of rotatable bonds is 5. The molecule has 4 aromatic rings. The number of amides is 1. The van der Waals surface area contributed by atoms with Crippen molar-refractivity contribution in [3.05, 3.63) is 101 Å². The van der Waals surface area contributed by atoms with E-state index in [0.717, 1.165) is 34.1 Å². The molecule has 0 saturated carbocycles. The molecule has 0 aliphatic carbocycles. The van der Waals surface area contributed by atoms with Crippen LogP contribution in [0.15, 0.2) is 72.9 Å². The number of benzene rings is 3. The molecule has 1 fully saturated rings. The van der Waals surface area contributed by atoms with E-state index in [1.165, 1.54) is 11.6 Å². The van der Waals surface area contributed by atoms with Crippen LogP contribution < -0.4 is 5.32 Å². The van der Waals surface area contributed by atoms with Gasteiger partial charge in [0.15, 0.2) is 0 Å². The predicted molar refractivity (Wildman–Crippen MR) is 128 cm³/mol. The number of anilines is 1. The summed E-state index contributed by atoms with van der Waals surface area (Å²) < 4.78 is 14.7. The maximum Gasteiger partial charge on any atom is 0.256 e. The molecule has 33 heavy (non-hydrogen) atoms. The van der Waals surface area contributed by atoms with Gasteiger partial charge in [-0.1, -0.05) is 48.0 Å². The predicted octanol–water partition coefficient (Wildman–Crippen LogP) is 4.99. The smallest absolute Gasteiger partial charge is 0.256 e. The highest BCUT2D eigenvalue weighted by molar-refractivity contribution is 5.95. The number of aryl methyl sites for hydroxylation is 1. The summed E-state index contributed by atoms with van der Waals surface area (Å²) in [7, 11) is 0. The van der Waals surface area contributed by atoms with Gasteiger partial charge in [-0.05, 0) is 43.2 Å². The van der Waals surface area contributed by atoms with Crippen molar-refractivity contribution < 1.29 is 9.18 Å². The minimum absolute atomic E-state index is 0.108. The monoisotopic (exact) mass is 440 g/mol. The van der Waals surface area contributed by atoms with Crippen LogP contribution in [0.2, 0.25) is 0 Å². The number of hydrogen-bond acceptors (Lipinski definition) is 4. The van der Waals surface area contributed by atoms with E-state index in [4.69, 9.17) is 0 Å². The Bertz CT molecular complexity index is 1300. The first-order chi connectivity index (χ1) is 16.1. The summed E-state index contributed by atoms with van der Waals surface area (Å²) in [6.07, 6.45) is 3.03. The fraction of sp³-hybridized carbons (Fsp3) is 0.222. The summed E-state index contributed by atoms with van der Waals surface area (Å²) in [5.74, 6) is -0.769. The van der Waals surface area contributed by atoms with E-state index < -0.39 is 5.82 Å². The van der Waals surface area contributed by atoms with E-state index in [2.05, 4.69) is 34.6 Å². The average Bonchev–Trinajstić information content (AvgIpc) is 3.30. The topological polar surface area (TPSA) is 58.1 Å². The summed E-state index contributed by atoms with van der Waals surface area (Å²) in [6.45, 7) is 3.20. The lowest BCUT2D eigenvalue weighted by Gasteiger charge is -2.19. The first-order valence-electron chi connectivity index (χ1n) is 11.2. The first kappa shape index (κ1) is 21.1. The van der Waals surface area contributed by atoms with Crippen molar-refractivity contribution >= 4 is 22.4 Å². The molecule has 1 amide bonds. The third-order valence-electron chi connectivity index (χ3n) is 6.18. The molecule has 2 heterocycles. The molecule has 5 nitrogen and oxygen atoms in total. The highest BCUT2D eigenvalue weighted by atomic mass is 19.1. The van der Waals surface area contributed by atoms with E-state index in [1.54, 1.807) is 23.2 Å². The maximum absolute atomic E-state index is 14.7. The summed E-state index contributed by atoms with van der Waals surface area (Å²) in [4.78, 5) is 14.9. The second kappa shape index (κ2) is 8.98. The molecule has 1 saturated heterocycles. The summed E-state index contributed by atoms with van der Waals surface area (Å²) in [6, 6.07) is 21.0. The number of nitrogens with one attached hydrogen (secondary N) is 1. The molecule has 0 radical (unpaired) electrons. The Morgan fingerprint density at radius 1 is 1.12 bits per heavy atom. The largest absolute Gasteiger partial charge is 0.380 e. The number of halogens is 1. The Kier molecular flexibility index (Phi) is 5.73. The minimum atomic E-state index is -0.498. The third-order valence-corrected chi connectivity index (χ3v) is 6.18. The lowest BCUT2D eigenvalue weighted by Crippen LogP contribution is -2.32. The van der Waals surface area contributed by atoms with Crippen LogP contribution in [0.5, 0.6) is 0 Å². The SMILES string of the molecule is Cc1ccc(N[C@@H]2CCN(C(=O)c3cc(Cc4nncc5ccccc45)ccc3F)C2)cc1. The van der Waals surface area contributed by atoms with Crippen molar-refractivity contribution in [1.82, 2.24) is 15.1 Å². The van der Waals surface area contributed by atoms with Gasteiger partial charge in [0.25, 0.3) is 5.91 Å². The van der Waals surface area contributed by atoms with Crippen LogP contribution in [-0.2, 0) is 6.42 Å². The zero-order valence-electron chi connectivity index (χ0n) is 18.5. The van der Waals surface area contributed by atoms with Crippen molar-refractivity contribution in [2.75, 3.05) is 18.4 Å². The summed E-state index contributed by atoms with van der Waals surface area (Å²) in [5.41, 5.74) is 3.98. The van der Waals surface area contributed by atoms with Gasteiger partial charge in [0.1, 0.15) is 5.82 Å². The number of likely N-dealkylation sites (tertiary alicyclic amines) is 1. The number of fused-ring (bicyclic) bond motifs is 1. The van der Waals surface area contributed by atoms with Gasteiger partial charge in [-0.3, -0.25) is 4.79 Å². The van der Waals surface area contributed by atoms with Crippen LogP contribution in [0.1, 0.15) is 33.6 Å². The van der Waals surface area contributed by atoms with Crippen LogP contribution in [0, 0.1) is 12.7 Å². The average molecular weight is 441 g/mol. The Hall–Kier alpha value is -3.80. The molecule has 0 unspecified atom stereocenters. The van der Waals surface area contributed by atoms with E-state index in [1.807, 2.05) is 36.4 Å². The van der Waals surface area contributed by atoms with Gasteiger partial charge in [-0.2, -0.15) is 10.2 Å². The maximum atomic E-state index is 14.7. The highest BCUT2D eigenvalue weighted by Gasteiger charge is 2.28. The molecule has 6 heteroatoms. The number of carbonyl (C=O) groups excluding carboxylic acids is 1. The lowest BCUT2D eigenvalue weighted by molar-refractivity contribution is 0.0787. The van der Waals surface area contributed by atoms with Crippen molar-refractivity contribution in [3.8, 4) is 0 Å². The fourth-order valence-corrected chi connectivity index (χ4v) is 4.38. The molecule has 0 spiro atoms. The zero-order valence-corrected chi connectivity index (χ0v) is 18.5.